The molecule has 0 saturated carbocycles. The van der Waals surface area contributed by atoms with E-state index in [1.165, 1.54) is 17.7 Å². The number of piperidine rings is 1. The molecule has 198 valence electrons. The molecule has 0 atom stereocenters. The Morgan fingerprint density at radius 1 is 1.00 bits per heavy atom. The van der Waals surface area contributed by atoms with Crippen molar-refractivity contribution in [3.8, 4) is 34.3 Å². The van der Waals surface area contributed by atoms with Crippen molar-refractivity contribution in [1.29, 1.82) is 0 Å². The minimum atomic E-state index is -4.39. The summed E-state index contributed by atoms with van der Waals surface area (Å²) >= 11 is 0. The quantitative estimate of drug-likeness (QED) is 0.282. The van der Waals surface area contributed by atoms with E-state index in [-0.39, 0.29) is 6.04 Å². The third-order valence-electron chi connectivity index (χ3n) is 7.04. The average Bonchev–Trinajstić information content (AvgIpc) is 3.35. The fourth-order valence-electron chi connectivity index (χ4n) is 4.81. The van der Waals surface area contributed by atoms with Gasteiger partial charge in [-0.1, -0.05) is 44.2 Å². The molecular weight excluding hydrogens is 489 g/mol. The number of nitrogens with zero attached hydrogens (tertiary/aromatic N) is 3. The van der Waals surface area contributed by atoms with Crippen molar-refractivity contribution in [2.24, 2.45) is 0 Å². The Morgan fingerprint density at radius 3 is 2.42 bits per heavy atom. The first kappa shape index (κ1) is 26.0. The molecule has 38 heavy (non-hydrogen) atoms. The summed E-state index contributed by atoms with van der Waals surface area (Å²) in [6.45, 7) is 8.05. The number of benzene rings is 2. The molecule has 2 aromatic heterocycles. The molecule has 1 fully saturated rings. The first-order valence-electron chi connectivity index (χ1n) is 12.9. The monoisotopic (exact) mass is 520 g/mol. The van der Waals surface area contributed by atoms with E-state index in [9.17, 15) is 13.2 Å². The van der Waals surface area contributed by atoms with Crippen LogP contribution in [0, 0.1) is 6.92 Å². The molecule has 0 unspecified atom stereocenters. The second-order valence-corrected chi connectivity index (χ2v) is 10.0. The average molecular weight is 521 g/mol. The highest BCUT2D eigenvalue weighted by atomic mass is 19.4. The lowest BCUT2D eigenvalue weighted by Gasteiger charge is -2.26. The van der Waals surface area contributed by atoms with Crippen LogP contribution in [-0.2, 0) is 6.18 Å². The van der Waals surface area contributed by atoms with Crippen LogP contribution in [0.5, 0.6) is 11.6 Å². The second-order valence-electron chi connectivity index (χ2n) is 10.0. The molecule has 5 nitrogen and oxygen atoms in total. The van der Waals surface area contributed by atoms with Crippen LogP contribution >= 0.6 is 0 Å². The van der Waals surface area contributed by atoms with Gasteiger partial charge in [-0.25, -0.2) is 9.97 Å². The van der Waals surface area contributed by atoms with Gasteiger partial charge < -0.3 is 14.6 Å². The Kier molecular flexibility index (Phi) is 7.25. The van der Waals surface area contributed by atoms with Crippen LogP contribution in [0.4, 0.5) is 13.2 Å². The number of aromatic nitrogens is 3. The Hall–Kier alpha value is -3.65. The zero-order valence-corrected chi connectivity index (χ0v) is 21.7. The fourth-order valence-corrected chi connectivity index (χ4v) is 4.81. The number of hydrogen-bond donors (Lipinski definition) is 1. The van der Waals surface area contributed by atoms with Crippen LogP contribution in [0.3, 0.4) is 0 Å². The van der Waals surface area contributed by atoms with Crippen LogP contribution < -0.4 is 10.1 Å². The molecule has 4 aromatic rings. The summed E-state index contributed by atoms with van der Waals surface area (Å²) in [6, 6.07) is 17.1. The van der Waals surface area contributed by atoms with Crippen molar-refractivity contribution in [2.75, 3.05) is 13.1 Å². The molecule has 8 heteroatoms. The van der Waals surface area contributed by atoms with Gasteiger partial charge in [-0.15, -0.1) is 0 Å². The van der Waals surface area contributed by atoms with E-state index in [0.29, 0.717) is 28.7 Å². The van der Waals surface area contributed by atoms with Crippen LogP contribution in [0.25, 0.3) is 22.6 Å². The number of nitrogens with one attached hydrogen (secondary N) is 1. The molecular formula is C30H31F3N4O. The van der Waals surface area contributed by atoms with Gasteiger partial charge in [-0.3, -0.25) is 0 Å². The topological polar surface area (TPSA) is 52.0 Å². The molecule has 1 aliphatic heterocycles. The van der Waals surface area contributed by atoms with Crippen molar-refractivity contribution in [3.05, 3.63) is 83.7 Å². The SMILES string of the molecule is Cc1ccc(C(C)C)cc1Oc1cccc(-c2c(-c3ccc(C(F)(F)F)cc3)ncn2C2CCNCC2)n1. The predicted octanol–water partition coefficient (Wildman–Crippen LogP) is 7.78. The third-order valence-corrected chi connectivity index (χ3v) is 7.04. The van der Waals surface area contributed by atoms with Crippen molar-refractivity contribution >= 4 is 0 Å². The van der Waals surface area contributed by atoms with Gasteiger partial charge in [0.25, 0.3) is 0 Å². The predicted molar refractivity (Wildman–Crippen MR) is 142 cm³/mol. The largest absolute Gasteiger partial charge is 0.439 e. The highest BCUT2D eigenvalue weighted by molar-refractivity contribution is 5.77. The van der Waals surface area contributed by atoms with Crippen LogP contribution in [0.2, 0.25) is 0 Å². The molecule has 2 aromatic carbocycles. The van der Waals surface area contributed by atoms with E-state index in [2.05, 4.69) is 34.8 Å². The molecule has 5 rings (SSSR count). The lowest BCUT2D eigenvalue weighted by atomic mass is 10.0. The molecule has 0 amide bonds. The molecule has 1 saturated heterocycles. The summed E-state index contributed by atoms with van der Waals surface area (Å²) in [5.41, 5.74) is 4.13. The zero-order chi connectivity index (χ0) is 26.9. The third kappa shape index (κ3) is 5.45. The highest BCUT2D eigenvalue weighted by Gasteiger charge is 2.30. The fraction of sp³-hybridized carbons (Fsp3) is 0.333. The second kappa shape index (κ2) is 10.6. The minimum Gasteiger partial charge on any atom is -0.439 e. The van der Waals surface area contributed by atoms with Gasteiger partial charge in [0.15, 0.2) is 0 Å². The molecule has 0 bridgehead atoms. The summed E-state index contributed by atoms with van der Waals surface area (Å²) in [6.07, 6.45) is -0.766. The molecule has 0 aliphatic carbocycles. The summed E-state index contributed by atoms with van der Waals surface area (Å²) in [5, 5.41) is 3.38. The number of imidazole rings is 1. The standard InChI is InChI=1S/C30H31F3N4O/c1-19(2)22-8-7-20(3)26(17-22)38-27-6-4-5-25(36-27)29-28(21-9-11-23(12-10-21)30(31,32)33)35-18-37(29)24-13-15-34-16-14-24/h4-12,17-19,24,34H,13-16H2,1-3H3. The molecule has 3 heterocycles. The number of rotatable bonds is 6. The van der Waals surface area contributed by atoms with E-state index < -0.39 is 11.7 Å². The van der Waals surface area contributed by atoms with Crippen LogP contribution in [0.15, 0.2) is 67.0 Å². The van der Waals surface area contributed by atoms with Crippen LogP contribution in [0.1, 0.15) is 55.3 Å². The van der Waals surface area contributed by atoms with Gasteiger partial charge in [-0.05, 0) is 74.2 Å². The van der Waals surface area contributed by atoms with Crippen LogP contribution in [-0.4, -0.2) is 27.6 Å². The minimum absolute atomic E-state index is 0.207. The van der Waals surface area contributed by atoms with E-state index in [1.54, 1.807) is 6.33 Å². The number of alkyl halides is 3. The van der Waals surface area contributed by atoms with E-state index in [4.69, 9.17) is 9.72 Å². The van der Waals surface area contributed by atoms with Crippen molar-refractivity contribution in [1.82, 2.24) is 19.9 Å². The van der Waals surface area contributed by atoms with Crippen molar-refractivity contribution in [2.45, 2.75) is 51.7 Å². The first-order chi connectivity index (χ1) is 18.2. The number of pyridine rings is 1. The smallest absolute Gasteiger partial charge is 0.416 e. The summed E-state index contributed by atoms with van der Waals surface area (Å²) < 4.78 is 47.9. The van der Waals surface area contributed by atoms with Gasteiger partial charge in [0.2, 0.25) is 5.88 Å². The van der Waals surface area contributed by atoms with Crippen molar-refractivity contribution < 1.29 is 17.9 Å². The maximum Gasteiger partial charge on any atom is 0.416 e. The maximum atomic E-state index is 13.2. The molecule has 1 aliphatic rings. The number of aryl methyl sites for hydroxylation is 1. The Labute approximate surface area is 220 Å². The lowest BCUT2D eigenvalue weighted by molar-refractivity contribution is -0.137. The van der Waals surface area contributed by atoms with Gasteiger partial charge in [0, 0.05) is 17.7 Å². The Bertz CT molecular complexity index is 1400. The highest BCUT2D eigenvalue weighted by Crippen LogP contribution is 2.37. The van der Waals surface area contributed by atoms with E-state index >= 15 is 0 Å². The van der Waals surface area contributed by atoms with Gasteiger partial charge in [0.1, 0.15) is 5.75 Å². The molecule has 0 radical (unpaired) electrons. The van der Waals surface area contributed by atoms with E-state index in [1.807, 2.05) is 37.3 Å². The van der Waals surface area contributed by atoms with E-state index in [0.717, 1.165) is 55.1 Å². The Balaban J connectivity index is 1.56. The molecule has 1 N–H and O–H groups in total. The van der Waals surface area contributed by atoms with Crippen molar-refractivity contribution in [3.63, 3.8) is 0 Å². The zero-order valence-electron chi connectivity index (χ0n) is 21.7. The molecule has 0 spiro atoms. The summed E-state index contributed by atoms with van der Waals surface area (Å²) in [5.74, 6) is 1.56. The van der Waals surface area contributed by atoms with Gasteiger partial charge >= 0.3 is 6.18 Å². The number of halogens is 3. The lowest BCUT2D eigenvalue weighted by Crippen LogP contribution is -2.29. The van der Waals surface area contributed by atoms with Gasteiger partial charge in [-0.2, -0.15) is 13.2 Å². The Morgan fingerprint density at radius 2 is 1.74 bits per heavy atom. The normalized spacial score (nSPS) is 14.7. The summed E-state index contributed by atoms with van der Waals surface area (Å²) in [7, 11) is 0. The first-order valence-corrected chi connectivity index (χ1v) is 12.9. The maximum absolute atomic E-state index is 13.2. The van der Waals surface area contributed by atoms with Gasteiger partial charge in [0.05, 0.1) is 29.0 Å². The summed E-state index contributed by atoms with van der Waals surface area (Å²) in [4.78, 5) is 9.52. The number of ether oxygens (including phenoxy) is 1. The number of hydrogen-bond acceptors (Lipinski definition) is 4.